The molecule has 1 unspecified atom stereocenters. The average Bonchev–Trinajstić information content (AvgIpc) is 2.83. The lowest BCUT2D eigenvalue weighted by molar-refractivity contribution is -0.138. The molecular weight excluding hydrogens is 252 g/mol. The average molecular weight is 276 g/mol. The molecule has 0 N–H and O–H groups in total. The van der Waals surface area contributed by atoms with Crippen LogP contribution in [-0.2, 0) is 14.3 Å². The molecule has 0 radical (unpaired) electrons. The van der Waals surface area contributed by atoms with Gasteiger partial charge in [-0.15, -0.1) is 0 Å². The molecule has 0 fully saturated rings. The normalized spacial score (nSPS) is 18.0. The SMILES string of the molecule is CCOC(=O)C1=CC=C/C1=C\C(C)(C)CCC(C)C=O. The van der Waals surface area contributed by atoms with Crippen LogP contribution in [-0.4, -0.2) is 18.9 Å². The zero-order chi connectivity index (χ0) is 15.2. The second kappa shape index (κ2) is 7.22. The summed E-state index contributed by atoms with van der Waals surface area (Å²) in [6.07, 6.45) is 10.4. The van der Waals surface area contributed by atoms with E-state index >= 15 is 0 Å². The third kappa shape index (κ3) is 4.80. The molecule has 0 heterocycles. The number of ether oxygens (including phenoxy) is 1. The summed E-state index contributed by atoms with van der Waals surface area (Å²) in [5.74, 6) is -0.201. The van der Waals surface area contributed by atoms with Gasteiger partial charge in [-0.3, -0.25) is 0 Å². The van der Waals surface area contributed by atoms with Gasteiger partial charge in [0, 0.05) is 5.92 Å². The van der Waals surface area contributed by atoms with Crippen LogP contribution in [0.25, 0.3) is 0 Å². The lowest BCUT2D eigenvalue weighted by atomic mass is 9.83. The summed E-state index contributed by atoms with van der Waals surface area (Å²) in [5, 5.41) is 0. The fourth-order valence-corrected chi connectivity index (χ4v) is 2.12. The molecule has 3 heteroatoms. The summed E-state index contributed by atoms with van der Waals surface area (Å²) < 4.78 is 5.05. The number of carbonyl (C=O) groups is 2. The molecular formula is C17H24O3. The third-order valence-electron chi connectivity index (χ3n) is 3.37. The second-order valence-corrected chi connectivity index (χ2v) is 5.90. The standard InChI is InChI=1S/C17H24O3/c1-5-20-16(19)15-8-6-7-14(15)11-17(3,4)10-9-13(2)12-18/h6-8,11-13H,5,9-10H2,1-4H3/b14-11+. The van der Waals surface area contributed by atoms with E-state index in [0.717, 1.165) is 24.7 Å². The van der Waals surface area contributed by atoms with Crippen molar-refractivity contribution in [2.75, 3.05) is 6.61 Å². The summed E-state index contributed by atoms with van der Waals surface area (Å²) in [6, 6.07) is 0. The molecule has 0 spiro atoms. The van der Waals surface area contributed by atoms with Gasteiger partial charge in [-0.1, -0.05) is 39.0 Å². The Labute approximate surface area is 121 Å². The number of rotatable bonds is 7. The molecule has 0 aromatic rings. The molecule has 1 rings (SSSR count). The van der Waals surface area contributed by atoms with Crippen molar-refractivity contribution in [1.29, 1.82) is 0 Å². The lowest BCUT2D eigenvalue weighted by Gasteiger charge is -2.22. The van der Waals surface area contributed by atoms with Crippen molar-refractivity contribution in [1.82, 2.24) is 0 Å². The highest BCUT2D eigenvalue weighted by Gasteiger charge is 2.22. The third-order valence-corrected chi connectivity index (χ3v) is 3.37. The van der Waals surface area contributed by atoms with E-state index in [0.29, 0.717) is 12.2 Å². The van der Waals surface area contributed by atoms with Crippen molar-refractivity contribution in [3.63, 3.8) is 0 Å². The molecule has 0 saturated carbocycles. The second-order valence-electron chi connectivity index (χ2n) is 5.90. The van der Waals surface area contributed by atoms with Crippen molar-refractivity contribution < 1.29 is 14.3 Å². The van der Waals surface area contributed by atoms with Gasteiger partial charge in [-0.25, -0.2) is 4.79 Å². The maximum absolute atomic E-state index is 11.8. The van der Waals surface area contributed by atoms with E-state index in [1.165, 1.54) is 0 Å². The van der Waals surface area contributed by atoms with E-state index < -0.39 is 0 Å². The largest absolute Gasteiger partial charge is 0.462 e. The smallest absolute Gasteiger partial charge is 0.338 e. The summed E-state index contributed by atoms with van der Waals surface area (Å²) in [7, 11) is 0. The van der Waals surface area contributed by atoms with E-state index in [2.05, 4.69) is 19.9 Å². The zero-order valence-corrected chi connectivity index (χ0v) is 12.8. The van der Waals surface area contributed by atoms with Crippen LogP contribution in [0.4, 0.5) is 0 Å². The Morgan fingerprint density at radius 1 is 1.45 bits per heavy atom. The fraction of sp³-hybridized carbons (Fsp3) is 0.529. The maximum Gasteiger partial charge on any atom is 0.338 e. The van der Waals surface area contributed by atoms with Gasteiger partial charge < -0.3 is 9.53 Å². The van der Waals surface area contributed by atoms with Gasteiger partial charge >= 0.3 is 5.97 Å². The Morgan fingerprint density at radius 2 is 2.15 bits per heavy atom. The van der Waals surface area contributed by atoms with Crippen molar-refractivity contribution in [3.8, 4) is 0 Å². The van der Waals surface area contributed by atoms with Crippen LogP contribution in [0, 0.1) is 11.3 Å². The molecule has 0 bridgehead atoms. The van der Waals surface area contributed by atoms with E-state index in [1.54, 1.807) is 13.0 Å². The topological polar surface area (TPSA) is 43.4 Å². The van der Waals surface area contributed by atoms with Crippen molar-refractivity contribution in [2.45, 2.75) is 40.5 Å². The van der Waals surface area contributed by atoms with Crippen LogP contribution < -0.4 is 0 Å². The first-order valence-electron chi connectivity index (χ1n) is 7.13. The lowest BCUT2D eigenvalue weighted by Crippen LogP contribution is -2.13. The number of aldehydes is 1. The summed E-state index contributed by atoms with van der Waals surface area (Å²) >= 11 is 0. The molecule has 3 nitrogen and oxygen atoms in total. The molecule has 1 aliphatic carbocycles. The minimum atomic E-state index is -0.277. The van der Waals surface area contributed by atoms with Gasteiger partial charge in [0.1, 0.15) is 6.29 Å². The Bertz CT molecular complexity index is 453. The van der Waals surface area contributed by atoms with E-state index in [-0.39, 0.29) is 17.3 Å². The van der Waals surface area contributed by atoms with Gasteiger partial charge in [0.15, 0.2) is 0 Å². The minimum absolute atomic E-state index is 0.0626. The Kier molecular flexibility index (Phi) is 5.93. The first kappa shape index (κ1) is 16.4. The molecule has 0 aliphatic heterocycles. The number of hydrogen-bond acceptors (Lipinski definition) is 3. The van der Waals surface area contributed by atoms with Crippen molar-refractivity contribution in [2.24, 2.45) is 11.3 Å². The molecule has 0 saturated heterocycles. The molecule has 110 valence electrons. The zero-order valence-electron chi connectivity index (χ0n) is 12.8. The van der Waals surface area contributed by atoms with E-state index in [4.69, 9.17) is 4.74 Å². The van der Waals surface area contributed by atoms with Crippen molar-refractivity contribution in [3.05, 3.63) is 35.5 Å². The van der Waals surface area contributed by atoms with Crippen LogP contribution in [0.2, 0.25) is 0 Å². The monoisotopic (exact) mass is 276 g/mol. The molecule has 1 atom stereocenters. The number of carbonyl (C=O) groups excluding carboxylic acids is 2. The molecule has 0 amide bonds. The highest BCUT2D eigenvalue weighted by atomic mass is 16.5. The molecule has 0 aromatic heterocycles. The van der Waals surface area contributed by atoms with Crippen molar-refractivity contribution >= 4 is 12.3 Å². The Balaban J connectivity index is 2.76. The number of allylic oxidation sites excluding steroid dienone is 4. The molecule has 20 heavy (non-hydrogen) atoms. The Morgan fingerprint density at radius 3 is 2.75 bits per heavy atom. The highest BCUT2D eigenvalue weighted by molar-refractivity contribution is 5.96. The fourth-order valence-electron chi connectivity index (χ4n) is 2.12. The van der Waals surface area contributed by atoms with Crippen LogP contribution in [0.15, 0.2) is 35.5 Å². The number of esters is 1. The summed E-state index contributed by atoms with van der Waals surface area (Å²) in [5.41, 5.74) is 1.46. The molecule has 1 aliphatic rings. The van der Waals surface area contributed by atoms with Gasteiger partial charge in [-0.05, 0) is 36.8 Å². The van der Waals surface area contributed by atoms with Gasteiger partial charge in [0.25, 0.3) is 0 Å². The molecule has 0 aromatic carbocycles. The Hall–Kier alpha value is -1.64. The first-order chi connectivity index (χ1) is 9.39. The minimum Gasteiger partial charge on any atom is -0.462 e. The van der Waals surface area contributed by atoms with Crippen LogP contribution in [0.1, 0.15) is 40.5 Å². The van der Waals surface area contributed by atoms with Gasteiger partial charge in [0.05, 0.1) is 12.2 Å². The van der Waals surface area contributed by atoms with Crippen LogP contribution >= 0.6 is 0 Å². The first-order valence-corrected chi connectivity index (χ1v) is 7.13. The van der Waals surface area contributed by atoms with E-state index in [9.17, 15) is 9.59 Å². The van der Waals surface area contributed by atoms with Crippen LogP contribution in [0.5, 0.6) is 0 Å². The summed E-state index contributed by atoms with van der Waals surface area (Å²) in [6.45, 7) is 8.34. The predicted octanol–water partition coefficient (Wildman–Crippen LogP) is 3.61. The highest BCUT2D eigenvalue weighted by Crippen LogP contribution is 2.31. The predicted molar refractivity (Wildman–Crippen MR) is 80.2 cm³/mol. The number of hydrogen-bond donors (Lipinski definition) is 0. The van der Waals surface area contributed by atoms with E-state index in [1.807, 2.05) is 19.1 Å². The van der Waals surface area contributed by atoms with Gasteiger partial charge in [-0.2, -0.15) is 0 Å². The maximum atomic E-state index is 11.8. The van der Waals surface area contributed by atoms with Gasteiger partial charge in [0.2, 0.25) is 0 Å². The van der Waals surface area contributed by atoms with Crippen LogP contribution in [0.3, 0.4) is 0 Å². The quantitative estimate of drug-likeness (QED) is 0.527. The summed E-state index contributed by atoms with van der Waals surface area (Å²) in [4.78, 5) is 22.5.